The minimum Gasteiger partial charge on any atom is -0.379 e. The molecule has 32 heavy (non-hydrogen) atoms. The lowest BCUT2D eigenvalue weighted by Gasteiger charge is -2.26. The second kappa shape index (κ2) is 9.66. The number of nitrogens with one attached hydrogen (secondary N) is 1. The molecule has 9 heteroatoms. The lowest BCUT2D eigenvalue weighted by molar-refractivity contribution is 0.0730. The van der Waals surface area contributed by atoms with Gasteiger partial charge in [-0.1, -0.05) is 36.8 Å². The van der Waals surface area contributed by atoms with E-state index in [0.29, 0.717) is 42.6 Å². The van der Waals surface area contributed by atoms with Crippen molar-refractivity contribution in [2.45, 2.75) is 38.0 Å². The van der Waals surface area contributed by atoms with E-state index in [1.54, 1.807) is 19.1 Å². The van der Waals surface area contributed by atoms with Gasteiger partial charge in [-0.05, 0) is 55.2 Å². The number of carbonyl (C=O) groups is 1. The summed E-state index contributed by atoms with van der Waals surface area (Å²) in [6.45, 7) is 5.32. The first-order valence-electron chi connectivity index (χ1n) is 10.8. The normalized spacial score (nSPS) is 15.2. The number of hydrogen-bond acceptors (Lipinski definition) is 6. The first kappa shape index (κ1) is 22.8. The second-order valence-corrected chi connectivity index (χ2v) is 10.8. The Labute approximate surface area is 192 Å². The average Bonchev–Trinajstić information content (AvgIpc) is 3.19. The quantitative estimate of drug-likeness (QED) is 0.555. The highest BCUT2D eigenvalue weighted by atomic mass is 32.2. The van der Waals surface area contributed by atoms with Crippen LogP contribution in [0.4, 0.5) is 5.13 Å². The second-order valence-electron chi connectivity index (χ2n) is 7.87. The molecule has 1 aromatic heterocycles. The summed E-state index contributed by atoms with van der Waals surface area (Å²) in [4.78, 5) is 17.6. The Morgan fingerprint density at radius 1 is 1.19 bits per heavy atom. The highest BCUT2D eigenvalue weighted by molar-refractivity contribution is 7.89. The van der Waals surface area contributed by atoms with Crippen molar-refractivity contribution in [3.05, 3.63) is 53.1 Å². The van der Waals surface area contributed by atoms with E-state index in [1.165, 1.54) is 27.3 Å². The highest BCUT2D eigenvalue weighted by Gasteiger charge is 2.27. The molecule has 0 bridgehead atoms. The Morgan fingerprint density at radius 3 is 2.72 bits per heavy atom. The van der Waals surface area contributed by atoms with E-state index in [4.69, 9.17) is 4.74 Å². The van der Waals surface area contributed by atoms with Gasteiger partial charge in [-0.15, -0.1) is 0 Å². The fourth-order valence-corrected chi connectivity index (χ4v) is 6.02. The predicted octanol–water partition coefficient (Wildman–Crippen LogP) is 4.22. The van der Waals surface area contributed by atoms with E-state index in [9.17, 15) is 13.2 Å². The zero-order valence-electron chi connectivity index (χ0n) is 18.3. The Hall–Kier alpha value is -2.33. The first-order chi connectivity index (χ1) is 15.4. The van der Waals surface area contributed by atoms with Crippen LogP contribution in [0.5, 0.6) is 0 Å². The van der Waals surface area contributed by atoms with Gasteiger partial charge in [0.15, 0.2) is 5.13 Å². The number of aromatic nitrogens is 1. The summed E-state index contributed by atoms with van der Waals surface area (Å²) in [5, 5.41) is 3.35. The fourth-order valence-electron chi connectivity index (χ4n) is 3.67. The molecule has 1 aliphatic rings. The number of ether oxygens (including phenoxy) is 1. The van der Waals surface area contributed by atoms with Crippen molar-refractivity contribution in [1.82, 2.24) is 9.29 Å². The molecule has 0 unspecified atom stereocenters. The number of hydrogen-bond donors (Lipinski definition) is 1. The topological polar surface area (TPSA) is 88.6 Å². The Bertz CT molecular complexity index is 1230. The van der Waals surface area contributed by atoms with Gasteiger partial charge in [-0.2, -0.15) is 4.31 Å². The number of unbranched alkanes of at least 4 members (excludes halogenated alkanes) is 1. The van der Waals surface area contributed by atoms with Crippen molar-refractivity contribution in [3.63, 3.8) is 0 Å². The number of benzene rings is 2. The molecule has 2 heterocycles. The van der Waals surface area contributed by atoms with Crippen LogP contribution in [0.2, 0.25) is 0 Å². The van der Waals surface area contributed by atoms with Crippen LogP contribution < -0.4 is 5.32 Å². The van der Waals surface area contributed by atoms with Gasteiger partial charge in [0.2, 0.25) is 10.0 Å². The number of aryl methyl sites for hydroxylation is 2. The molecule has 0 aliphatic carbocycles. The van der Waals surface area contributed by atoms with Crippen molar-refractivity contribution in [2.24, 2.45) is 0 Å². The van der Waals surface area contributed by atoms with Gasteiger partial charge < -0.3 is 4.74 Å². The van der Waals surface area contributed by atoms with Crippen molar-refractivity contribution in [1.29, 1.82) is 0 Å². The van der Waals surface area contributed by atoms with Crippen LogP contribution in [0.3, 0.4) is 0 Å². The van der Waals surface area contributed by atoms with Crippen molar-refractivity contribution in [2.75, 3.05) is 31.6 Å². The van der Waals surface area contributed by atoms with E-state index < -0.39 is 10.0 Å². The molecule has 1 fully saturated rings. The molecule has 4 rings (SSSR count). The van der Waals surface area contributed by atoms with Crippen molar-refractivity contribution >= 4 is 42.6 Å². The summed E-state index contributed by atoms with van der Waals surface area (Å²) in [6.07, 6.45) is 3.30. The molecular formula is C23H27N3O4S2. The van der Waals surface area contributed by atoms with Crippen LogP contribution in [-0.4, -0.2) is 49.9 Å². The predicted molar refractivity (Wildman–Crippen MR) is 127 cm³/mol. The zero-order chi connectivity index (χ0) is 22.7. The summed E-state index contributed by atoms with van der Waals surface area (Å²) in [5.74, 6) is -0.369. The molecule has 0 atom stereocenters. The molecule has 0 saturated carbocycles. The third kappa shape index (κ3) is 4.85. The van der Waals surface area contributed by atoms with E-state index in [0.717, 1.165) is 29.5 Å². The maximum absolute atomic E-state index is 13.0. The monoisotopic (exact) mass is 473 g/mol. The molecule has 170 valence electrons. The highest BCUT2D eigenvalue weighted by Crippen LogP contribution is 2.28. The minimum atomic E-state index is -3.68. The van der Waals surface area contributed by atoms with Crippen LogP contribution >= 0.6 is 11.3 Å². The van der Waals surface area contributed by atoms with Gasteiger partial charge in [-0.3, -0.25) is 10.1 Å². The minimum absolute atomic E-state index is 0.111. The number of anilines is 1. The number of nitrogens with zero attached hydrogens (tertiary/aromatic N) is 2. The number of sulfonamides is 1. The SMILES string of the molecule is CCCCc1ccc2nc(NC(=O)c3cc(S(=O)(=O)N4CCOCC4)ccc3C)sc2c1. The summed E-state index contributed by atoms with van der Waals surface area (Å²) in [7, 11) is -3.68. The first-order valence-corrected chi connectivity index (χ1v) is 13.0. The third-order valence-corrected chi connectivity index (χ3v) is 8.38. The van der Waals surface area contributed by atoms with Crippen LogP contribution in [0, 0.1) is 6.92 Å². The van der Waals surface area contributed by atoms with Crippen LogP contribution in [0.1, 0.15) is 41.3 Å². The van der Waals surface area contributed by atoms with Gasteiger partial charge in [-0.25, -0.2) is 13.4 Å². The fraction of sp³-hybridized carbons (Fsp3) is 0.391. The van der Waals surface area contributed by atoms with Crippen LogP contribution in [0.25, 0.3) is 10.2 Å². The van der Waals surface area contributed by atoms with Crippen LogP contribution in [-0.2, 0) is 21.2 Å². The number of rotatable bonds is 7. The molecule has 0 spiro atoms. The zero-order valence-corrected chi connectivity index (χ0v) is 19.9. The maximum Gasteiger partial charge on any atom is 0.257 e. The summed E-state index contributed by atoms with van der Waals surface area (Å²) in [5.41, 5.74) is 3.12. The molecule has 2 aromatic carbocycles. The van der Waals surface area contributed by atoms with Gasteiger partial charge in [0, 0.05) is 18.7 Å². The molecule has 0 radical (unpaired) electrons. The average molecular weight is 474 g/mol. The molecular weight excluding hydrogens is 446 g/mol. The number of amides is 1. The summed E-state index contributed by atoms with van der Waals surface area (Å²) >= 11 is 1.42. The van der Waals surface area contributed by atoms with Gasteiger partial charge >= 0.3 is 0 Å². The smallest absolute Gasteiger partial charge is 0.257 e. The lowest BCUT2D eigenvalue weighted by atomic mass is 10.1. The lowest BCUT2D eigenvalue weighted by Crippen LogP contribution is -2.40. The largest absolute Gasteiger partial charge is 0.379 e. The van der Waals surface area contributed by atoms with Crippen molar-refractivity contribution in [3.8, 4) is 0 Å². The number of morpholine rings is 1. The molecule has 1 amide bonds. The Kier molecular flexibility index (Phi) is 6.90. The Balaban J connectivity index is 1.56. The van der Waals surface area contributed by atoms with Gasteiger partial charge in [0.05, 0.1) is 28.3 Å². The van der Waals surface area contributed by atoms with Crippen molar-refractivity contribution < 1.29 is 17.9 Å². The van der Waals surface area contributed by atoms with Gasteiger partial charge in [0.25, 0.3) is 5.91 Å². The standard InChI is InChI=1S/C23H27N3O4S2/c1-3-4-5-17-7-9-20-21(14-17)31-23(24-20)25-22(27)19-15-18(8-6-16(19)2)32(28,29)26-10-12-30-13-11-26/h6-9,14-15H,3-5,10-13H2,1-2H3,(H,24,25,27). The summed E-state index contributed by atoms with van der Waals surface area (Å²) in [6, 6.07) is 10.8. The summed E-state index contributed by atoms with van der Waals surface area (Å²) < 4.78 is 33.6. The number of thiazole rings is 1. The molecule has 1 aliphatic heterocycles. The molecule has 1 saturated heterocycles. The number of fused-ring (bicyclic) bond motifs is 1. The van der Waals surface area contributed by atoms with Crippen LogP contribution in [0.15, 0.2) is 41.3 Å². The van der Waals surface area contributed by atoms with E-state index in [1.807, 2.05) is 6.07 Å². The maximum atomic E-state index is 13.0. The third-order valence-electron chi connectivity index (χ3n) is 5.55. The Morgan fingerprint density at radius 2 is 1.97 bits per heavy atom. The molecule has 3 aromatic rings. The van der Waals surface area contributed by atoms with Gasteiger partial charge in [0.1, 0.15) is 0 Å². The van der Waals surface area contributed by atoms with E-state index in [-0.39, 0.29) is 10.8 Å². The van der Waals surface area contributed by atoms with E-state index in [2.05, 4.69) is 29.4 Å². The van der Waals surface area contributed by atoms with E-state index >= 15 is 0 Å². The molecule has 1 N–H and O–H groups in total. The number of carbonyl (C=O) groups excluding carboxylic acids is 1. The molecule has 7 nitrogen and oxygen atoms in total.